The first-order chi connectivity index (χ1) is 17.8. The SMILES string of the molecule is CCC(C)(C)C(=O)Nc1ccc(N2CCN(C3c4ccccc4NC(=O)c4ccccc43)CC2)c(F)c1. The zero-order valence-electron chi connectivity index (χ0n) is 21.6. The van der Waals surface area contributed by atoms with Gasteiger partial charge in [0.2, 0.25) is 5.91 Å². The van der Waals surface area contributed by atoms with Crippen molar-refractivity contribution in [2.24, 2.45) is 5.41 Å². The summed E-state index contributed by atoms with van der Waals surface area (Å²) in [4.78, 5) is 29.8. The minimum absolute atomic E-state index is 0.0714. The molecule has 1 unspecified atom stereocenters. The maximum absolute atomic E-state index is 15.2. The van der Waals surface area contributed by atoms with Crippen molar-refractivity contribution in [1.29, 1.82) is 0 Å². The molecular weight excluding hydrogens is 467 g/mol. The summed E-state index contributed by atoms with van der Waals surface area (Å²) in [6.07, 6.45) is 0.698. The number of carbonyl (C=O) groups excluding carboxylic acids is 2. The van der Waals surface area contributed by atoms with Crippen LogP contribution in [0.2, 0.25) is 0 Å². The van der Waals surface area contributed by atoms with Crippen LogP contribution >= 0.6 is 0 Å². The van der Waals surface area contributed by atoms with Gasteiger partial charge < -0.3 is 15.5 Å². The van der Waals surface area contributed by atoms with Gasteiger partial charge in [0, 0.05) is 48.5 Å². The number of amides is 2. The van der Waals surface area contributed by atoms with E-state index in [1.54, 1.807) is 12.1 Å². The molecule has 0 aromatic heterocycles. The highest BCUT2D eigenvalue weighted by atomic mass is 19.1. The van der Waals surface area contributed by atoms with Gasteiger partial charge in [0.1, 0.15) is 5.82 Å². The minimum atomic E-state index is -0.513. The van der Waals surface area contributed by atoms with E-state index in [0.29, 0.717) is 49.5 Å². The van der Waals surface area contributed by atoms with E-state index in [1.807, 2.05) is 68.1 Å². The van der Waals surface area contributed by atoms with Gasteiger partial charge in [0.05, 0.1) is 11.7 Å². The van der Waals surface area contributed by atoms with Crippen molar-refractivity contribution in [3.63, 3.8) is 0 Å². The van der Waals surface area contributed by atoms with Crippen molar-refractivity contribution >= 4 is 28.9 Å². The number of nitrogens with one attached hydrogen (secondary N) is 2. The summed E-state index contributed by atoms with van der Waals surface area (Å²) in [6.45, 7) is 8.44. The zero-order valence-corrected chi connectivity index (χ0v) is 21.6. The normalized spacial score (nSPS) is 17.9. The lowest BCUT2D eigenvalue weighted by atomic mass is 9.89. The van der Waals surface area contributed by atoms with Crippen LogP contribution in [0.3, 0.4) is 0 Å². The number of hydrogen-bond donors (Lipinski definition) is 2. The van der Waals surface area contributed by atoms with Crippen LogP contribution in [0, 0.1) is 11.2 Å². The average Bonchev–Trinajstić information content (AvgIpc) is 3.03. The molecule has 0 radical (unpaired) electrons. The summed E-state index contributed by atoms with van der Waals surface area (Å²) in [6, 6.07) is 20.6. The largest absolute Gasteiger partial charge is 0.367 e. The van der Waals surface area contributed by atoms with Gasteiger partial charge in [-0.3, -0.25) is 14.5 Å². The van der Waals surface area contributed by atoms with Crippen molar-refractivity contribution in [1.82, 2.24) is 4.90 Å². The zero-order chi connectivity index (χ0) is 26.2. The summed E-state index contributed by atoms with van der Waals surface area (Å²) < 4.78 is 15.2. The molecule has 5 rings (SSSR count). The van der Waals surface area contributed by atoms with Crippen LogP contribution in [0.5, 0.6) is 0 Å². The smallest absolute Gasteiger partial charge is 0.256 e. The molecule has 1 fully saturated rings. The van der Waals surface area contributed by atoms with E-state index in [2.05, 4.69) is 21.6 Å². The van der Waals surface area contributed by atoms with E-state index in [1.165, 1.54) is 6.07 Å². The predicted molar refractivity (Wildman–Crippen MR) is 146 cm³/mol. The molecule has 192 valence electrons. The van der Waals surface area contributed by atoms with Gasteiger partial charge in [-0.1, -0.05) is 57.2 Å². The second-order valence-electron chi connectivity index (χ2n) is 10.4. The fourth-order valence-corrected chi connectivity index (χ4v) is 5.07. The van der Waals surface area contributed by atoms with E-state index in [-0.39, 0.29) is 23.7 Å². The van der Waals surface area contributed by atoms with Gasteiger partial charge in [0.25, 0.3) is 5.91 Å². The van der Waals surface area contributed by atoms with E-state index in [0.717, 1.165) is 16.8 Å². The van der Waals surface area contributed by atoms with Crippen LogP contribution in [-0.2, 0) is 4.79 Å². The quantitative estimate of drug-likeness (QED) is 0.473. The third-order valence-corrected chi connectivity index (χ3v) is 7.73. The number of carbonyl (C=O) groups is 2. The van der Waals surface area contributed by atoms with Gasteiger partial charge >= 0.3 is 0 Å². The lowest BCUT2D eigenvalue weighted by molar-refractivity contribution is -0.124. The number of piperazine rings is 1. The molecule has 37 heavy (non-hydrogen) atoms. The molecular formula is C30H33FN4O2. The highest BCUT2D eigenvalue weighted by Crippen LogP contribution is 2.39. The average molecular weight is 501 g/mol. The maximum atomic E-state index is 15.2. The molecule has 2 heterocycles. The molecule has 2 aliphatic heterocycles. The monoisotopic (exact) mass is 500 g/mol. The van der Waals surface area contributed by atoms with Crippen LogP contribution in [0.25, 0.3) is 0 Å². The Labute approximate surface area is 217 Å². The maximum Gasteiger partial charge on any atom is 0.256 e. The Morgan fingerprint density at radius 3 is 2.38 bits per heavy atom. The van der Waals surface area contributed by atoms with Gasteiger partial charge in [-0.15, -0.1) is 0 Å². The Balaban J connectivity index is 1.35. The van der Waals surface area contributed by atoms with Gasteiger partial charge in [-0.05, 0) is 47.9 Å². The molecule has 3 aromatic carbocycles. The van der Waals surface area contributed by atoms with Crippen molar-refractivity contribution in [2.45, 2.75) is 33.2 Å². The molecule has 0 saturated carbocycles. The topological polar surface area (TPSA) is 64.7 Å². The van der Waals surface area contributed by atoms with Gasteiger partial charge in [-0.25, -0.2) is 4.39 Å². The van der Waals surface area contributed by atoms with Crippen LogP contribution in [0.4, 0.5) is 21.5 Å². The Bertz CT molecular complexity index is 1330. The summed E-state index contributed by atoms with van der Waals surface area (Å²) in [7, 11) is 0. The molecule has 0 aliphatic carbocycles. The number of para-hydroxylation sites is 1. The lowest BCUT2D eigenvalue weighted by Gasteiger charge is -2.41. The molecule has 2 aliphatic rings. The summed E-state index contributed by atoms with van der Waals surface area (Å²) >= 11 is 0. The molecule has 0 spiro atoms. The third kappa shape index (κ3) is 4.83. The first-order valence-corrected chi connectivity index (χ1v) is 12.9. The highest BCUT2D eigenvalue weighted by Gasteiger charge is 2.33. The van der Waals surface area contributed by atoms with E-state index in [9.17, 15) is 9.59 Å². The fraction of sp³-hybridized carbons (Fsp3) is 0.333. The van der Waals surface area contributed by atoms with Crippen molar-refractivity contribution in [2.75, 3.05) is 41.7 Å². The molecule has 7 heteroatoms. The summed E-state index contributed by atoms with van der Waals surface area (Å²) in [5.74, 6) is -0.561. The van der Waals surface area contributed by atoms with Crippen LogP contribution in [0.15, 0.2) is 66.7 Å². The molecule has 2 amide bonds. The fourth-order valence-electron chi connectivity index (χ4n) is 5.07. The van der Waals surface area contributed by atoms with E-state index in [4.69, 9.17) is 0 Å². The number of benzene rings is 3. The Hall–Kier alpha value is -3.71. The van der Waals surface area contributed by atoms with E-state index >= 15 is 4.39 Å². The molecule has 0 bridgehead atoms. The first-order valence-electron chi connectivity index (χ1n) is 12.9. The Morgan fingerprint density at radius 2 is 1.68 bits per heavy atom. The van der Waals surface area contributed by atoms with Crippen LogP contribution < -0.4 is 15.5 Å². The number of rotatable bonds is 5. The van der Waals surface area contributed by atoms with Crippen molar-refractivity contribution < 1.29 is 14.0 Å². The minimum Gasteiger partial charge on any atom is -0.367 e. The van der Waals surface area contributed by atoms with E-state index < -0.39 is 5.41 Å². The highest BCUT2D eigenvalue weighted by molar-refractivity contribution is 6.07. The second-order valence-corrected chi connectivity index (χ2v) is 10.4. The molecule has 1 saturated heterocycles. The predicted octanol–water partition coefficient (Wildman–Crippen LogP) is 5.68. The Kier molecular flexibility index (Phi) is 6.73. The van der Waals surface area contributed by atoms with Crippen LogP contribution in [0.1, 0.15) is 54.7 Å². The lowest BCUT2D eigenvalue weighted by Crippen LogP contribution is -2.48. The van der Waals surface area contributed by atoms with Crippen molar-refractivity contribution in [3.05, 3.63) is 89.2 Å². The van der Waals surface area contributed by atoms with Gasteiger partial charge in [-0.2, -0.15) is 0 Å². The van der Waals surface area contributed by atoms with Crippen LogP contribution in [-0.4, -0.2) is 42.9 Å². The Morgan fingerprint density at radius 1 is 1.00 bits per heavy atom. The number of halogens is 1. The standard InChI is InChI=1S/C30H33FN4O2/c1-4-30(2,3)29(37)32-20-13-14-26(24(31)19-20)34-15-17-35(18-16-34)27-21-9-5-6-10-22(21)28(36)33-25-12-8-7-11-23(25)27/h5-14,19,27H,4,15-18H2,1-3H3,(H,32,37)(H,33,36). The molecule has 6 nitrogen and oxygen atoms in total. The number of fused-ring (bicyclic) bond motifs is 2. The molecule has 3 aromatic rings. The number of nitrogens with zero attached hydrogens (tertiary/aromatic N) is 2. The summed E-state index contributed by atoms with van der Waals surface area (Å²) in [5.41, 5.74) is 4.05. The third-order valence-electron chi connectivity index (χ3n) is 7.73. The number of anilines is 3. The molecule has 1 atom stereocenters. The first kappa shape index (κ1) is 25.0. The number of hydrogen-bond acceptors (Lipinski definition) is 4. The summed E-state index contributed by atoms with van der Waals surface area (Å²) in [5, 5.41) is 5.91. The molecule has 2 N–H and O–H groups in total. The second kappa shape index (κ2) is 9.98. The van der Waals surface area contributed by atoms with Crippen molar-refractivity contribution in [3.8, 4) is 0 Å². The van der Waals surface area contributed by atoms with Gasteiger partial charge in [0.15, 0.2) is 0 Å².